The first-order valence-corrected chi connectivity index (χ1v) is 7.50. The van der Waals surface area contributed by atoms with Crippen LogP contribution >= 0.6 is 0 Å². The average molecular weight is 281 g/mol. The van der Waals surface area contributed by atoms with E-state index >= 15 is 0 Å². The lowest BCUT2D eigenvalue weighted by molar-refractivity contribution is -0.152. The third kappa shape index (κ3) is 2.13. The molecule has 20 heavy (non-hydrogen) atoms. The molecule has 2 amide bonds. The topological polar surface area (TPSA) is 74.7 Å². The van der Waals surface area contributed by atoms with Gasteiger partial charge in [0.05, 0.1) is 17.4 Å². The second kappa shape index (κ2) is 5.19. The minimum absolute atomic E-state index is 0.117. The summed E-state index contributed by atoms with van der Waals surface area (Å²) < 4.78 is 0. The third-order valence-corrected chi connectivity index (χ3v) is 5.24. The molecular formula is C15H23NO4. The average Bonchev–Trinajstić information content (AvgIpc) is 2.93. The predicted molar refractivity (Wildman–Crippen MR) is 72.9 cm³/mol. The van der Waals surface area contributed by atoms with Crippen LogP contribution in [0.2, 0.25) is 0 Å². The van der Waals surface area contributed by atoms with E-state index in [2.05, 4.69) is 0 Å². The quantitative estimate of drug-likeness (QED) is 0.785. The summed E-state index contributed by atoms with van der Waals surface area (Å²) in [5, 5.41) is 9.17. The number of amides is 2. The Morgan fingerprint density at radius 2 is 1.75 bits per heavy atom. The number of carboxylic acid groups (broad SMARTS) is 1. The van der Waals surface area contributed by atoms with Crippen LogP contribution in [0.4, 0.5) is 0 Å². The third-order valence-electron chi connectivity index (χ3n) is 5.24. The summed E-state index contributed by atoms with van der Waals surface area (Å²) in [5.41, 5.74) is -1.38. The van der Waals surface area contributed by atoms with E-state index in [-0.39, 0.29) is 24.7 Å². The largest absolute Gasteiger partial charge is 0.481 e. The van der Waals surface area contributed by atoms with Crippen LogP contribution in [0.5, 0.6) is 0 Å². The molecule has 0 bridgehead atoms. The zero-order valence-corrected chi connectivity index (χ0v) is 12.3. The highest BCUT2D eigenvalue weighted by Gasteiger charge is 2.57. The second-order valence-corrected chi connectivity index (χ2v) is 6.20. The van der Waals surface area contributed by atoms with Gasteiger partial charge in [0.25, 0.3) is 0 Å². The van der Waals surface area contributed by atoms with Gasteiger partial charge in [-0.05, 0) is 25.7 Å². The molecule has 1 N–H and O–H groups in total. The van der Waals surface area contributed by atoms with Gasteiger partial charge in [0.15, 0.2) is 0 Å². The van der Waals surface area contributed by atoms with Gasteiger partial charge in [0.1, 0.15) is 0 Å². The van der Waals surface area contributed by atoms with E-state index < -0.39 is 16.9 Å². The monoisotopic (exact) mass is 281 g/mol. The molecule has 5 heteroatoms. The molecule has 1 saturated heterocycles. The number of carbonyl (C=O) groups is 3. The van der Waals surface area contributed by atoms with E-state index in [1.54, 1.807) is 0 Å². The Balaban J connectivity index is 2.37. The van der Waals surface area contributed by atoms with E-state index in [4.69, 9.17) is 5.11 Å². The SMILES string of the molecule is CCC1(CC)CC(=O)N(C2(CC(=O)O)CCCC2)C1=O. The maximum absolute atomic E-state index is 12.8. The zero-order chi connectivity index (χ0) is 15.0. The normalized spacial score (nSPS) is 24.4. The summed E-state index contributed by atoms with van der Waals surface area (Å²) in [6.07, 6.45) is 4.40. The lowest BCUT2D eigenvalue weighted by Crippen LogP contribution is -2.52. The zero-order valence-electron chi connectivity index (χ0n) is 12.3. The number of nitrogens with zero attached hydrogens (tertiary/aromatic N) is 1. The van der Waals surface area contributed by atoms with Gasteiger partial charge in [-0.15, -0.1) is 0 Å². The second-order valence-electron chi connectivity index (χ2n) is 6.20. The number of hydrogen-bond acceptors (Lipinski definition) is 3. The lowest BCUT2D eigenvalue weighted by Gasteiger charge is -2.37. The molecule has 1 heterocycles. The minimum Gasteiger partial charge on any atom is -0.481 e. The standard InChI is InChI=1S/C15H23NO4/c1-3-14(4-2)9-11(17)16(13(14)20)15(10-12(18)19)7-5-6-8-15/h3-10H2,1-2H3,(H,18,19). The van der Waals surface area contributed by atoms with Crippen molar-refractivity contribution in [2.24, 2.45) is 5.41 Å². The van der Waals surface area contributed by atoms with Gasteiger partial charge in [-0.1, -0.05) is 26.7 Å². The first kappa shape index (κ1) is 15.0. The van der Waals surface area contributed by atoms with Gasteiger partial charge in [0.2, 0.25) is 11.8 Å². The highest BCUT2D eigenvalue weighted by molar-refractivity contribution is 6.07. The Hall–Kier alpha value is -1.39. The number of carboxylic acids is 1. The maximum atomic E-state index is 12.8. The summed E-state index contributed by atoms with van der Waals surface area (Å²) >= 11 is 0. The summed E-state index contributed by atoms with van der Waals surface area (Å²) in [6.45, 7) is 3.85. The van der Waals surface area contributed by atoms with Crippen molar-refractivity contribution < 1.29 is 19.5 Å². The van der Waals surface area contributed by atoms with Crippen molar-refractivity contribution in [3.8, 4) is 0 Å². The van der Waals surface area contributed by atoms with Gasteiger partial charge in [0, 0.05) is 6.42 Å². The summed E-state index contributed by atoms with van der Waals surface area (Å²) in [4.78, 5) is 37.7. The van der Waals surface area contributed by atoms with Crippen molar-refractivity contribution in [1.29, 1.82) is 0 Å². The molecule has 2 aliphatic rings. The van der Waals surface area contributed by atoms with Crippen molar-refractivity contribution in [1.82, 2.24) is 4.90 Å². The molecule has 2 rings (SSSR count). The summed E-state index contributed by atoms with van der Waals surface area (Å²) in [7, 11) is 0. The predicted octanol–water partition coefficient (Wildman–Crippen LogP) is 2.34. The van der Waals surface area contributed by atoms with Crippen LogP contribution in [0.1, 0.15) is 65.2 Å². The van der Waals surface area contributed by atoms with E-state index in [1.807, 2.05) is 13.8 Å². The van der Waals surface area contributed by atoms with E-state index in [0.29, 0.717) is 25.7 Å². The van der Waals surface area contributed by atoms with Crippen LogP contribution in [-0.4, -0.2) is 33.3 Å². The van der Waals surface area contributed by atoms with Crippen LogP contribution < -0.4 is 0 Å². The van der Waals surface area contributed by atoms with Crippen molar-refractivity contribution in [2.45, 2.75) is 70.8 Å². The molecule has 0 atom stereocenters. The molecule has 0 spiro atoms. The molecule has 0 aromatic carbocycles. The van der Waals surface area contributed by atoms with Crippen molar-refractivity contribution in [3.05, 3.63) is 0 Å². The smallest absolute Gasteiger partial charge is 0.305 e. The Kier molecular flexibility index (Phi) is 3.89. The van der Waals surface area contributed by atoms with Crippen LogP contribution in [0.15, 0.2) is 0 Å². The highest BCUT2D eigenvalue weighted by atomic mass is 16.4. The van der Waals surface area contributed by atoms with Crippen LogP contribution in [0.25, 0.3) is 0 Å². The molecule has 1 aliphatic carbocycles. The first-order valence-electron chi connectivity index (χ1n) is 7.50. The number of rotatable bonds is 5. The van der Waals surface area contributed by atoms with Gasteiger partial charge in [-0.25, -0.2) is 0 Å². The molecule has 0 aromatic heterocycles. The highest BCUT2D eigenvalue weighted by Crippen LogP contribution is 2.47. The minimum atomic E-state index is -0.932. The van der Waals surface area contributed by atoms with Gasteiger partial charge < -0.3 is 5.11 Å². The van der Waals surface area contributed by atoms with E-state index in [9.17, 15) is 14.4 Å². The molecule has 1 aliphatic heterocycles. The summed E-state index contributed by atoms with van der Waals surface area (Å²) in [6, 6.07) is 0. The molecule has 0 unspecified atom stereocenters. The van der Waals surface area contributed by atoms with Gasteiger partial charge in [-0.2, -0.15) is 0 Å². The molecular weight excluding hydrogens is 258 g/mol. The Morgan fingerprint density at radius 1 is 1.20 bits per heavy atom. The first-order chi connectivity index (χ1) is 9.41. The van der Waals surface area contributed by atoms with Crippen LogP contribution in [0.3, 0.4) is 0 Å². The molecule has 0 radical (unpaired) electrons. The van der Waals surface area contributed by atoms with Crippen molar-refractivity contribution >= 4 is 17.8 Å². The lowest BCUT2D eigenvalue weighted by atomic mass is 9.80. The van der Waals surface area contributed by atoms with Crippen molar-refractivity contribution in [3.63, 3.8) is 0 Å². The fourth-order valence-corrected chi connectivity index (χ4v) is 3.87. The fourth-order valence-electron chi connectivity index (χ4n) is 3.87. The van der Waals surface area contributed by atoms with Crippen LogP contribution in [0, 0.1) is 5.41 Å². The van der Waals surface area contributed by atoms with E-state index in [1.165, 1.54) is 4.90 Å². The maximum Gasteiger partial charge on any atom is 0.305 e. The number of likely N-dealkylation sites (tertiary alicyclic amines) is 1. The van der Waals surface area contributed by atoms with Crippen LogP contribution in [-0.2, 0) is 14.4 Å². The molecule has 112 valence electrons. The number of aliphatic carboxylic acids is 1. The van der Waals surface area contributed by atoms with Crippen molar-refractivity contribution in [2.75, 3.05) is 0 Å². The van der Waals surface area contributed by atoms with E-state index in [0.717, 1.165) is 12.8 Å². The Labute approximate surface area is 119 Å². The Morgan fingerprint density at radius 3 is 2.15 bits per heavy atom. The number of carbonyl (C=O) groups excluding carboxylic acids is 2. The van der Waals surface area contributed by atoms with Gasteiger partial charge >= 0.3 is 5.97 Å². The summed E-state index contributed by atoms with van der Waals surface area (Å²) in [5.74, 6) is -1.25. The fraction of sp³-hybridized carbons (Fsp3) is 0.800. The molecule has 5 nitrogen and oxygen atoms in total. The number of imide groups is 1. The molecule has 1 saturated carbocycles. The van der Waals surface area contributed by atoms with Gasteiger partial charge in [-0.3, -0.25) is 19.3 Å². The molecule has 2 fully saturated rings. The number of hydrogen-bond donors (Lipinski definition) is 1. The molecule has 0 aromatic rings. The Bertz CT molecular complexity index is 433.